The van der Waals surface area contributed by atoms with Crippen LogP contribution in [0.3, 0.4) is 0 Å². The molecule has 0 aromatic carbocycles. The lowest BCUT2D eigenvalue weighted by Gasteiger charge is -2.14. The summed E-state index contributed by atoms with van der Waals surface area (Å²) in [7, 11) is -2.77. The SMILES string of the molecule is CC(CNC1CCS(=O)(=O)C1)c1nccs1. The first kappa shape index (κ1) is 12.0. The molecule has 0 saturated carbocycles. The Kier molecular flexibility index (Phi) is 3.61. The van der Waals surface area contributed by atoms with Crippen LogP contribution in [0.2, 0.25) is 0 Å². The van der Waals surface area contributed by atoms with Gasteiger partial charge >= 0.3 is 0 Å². The molecule has 1 saturated heterocycles. The Hall–Kier alpha value is -0.460. The molecule has 1 aliphatic rings. The van der Waals surface area contributed by atoms with Gasteiger partial charge in [0.05, 0.1) is 16.5 Å². The summed E-state index contributed by atoms with van der Waals surface area (Å²) in [5.41, 5.74) is 0. The minimum Gasteiger partial charge on any atom is -0.312 e. The number of nitrogens with one attached hydrogen (secondary N) is 1. The third kappa shape index (κ3) is 3.02. The van der Waals surface area contributed by atoms with Gasteiger partial charge in [-0.05, 0) is 6.42 Å². The molecule has 0 aliphatic carbocycles. The number of aromatic nitrogens is 1. The topological polar surface area (TPSA) is 59.1 Å². The monoisotopic (exact) mass is 260 g/mol. The van der Waals surface area contributed by atoms with Crippen molar-refractivity contribution in [3.05, 3.63) is 16.6 Å². The Bertz CT molecular complexity index is 428. The molecule has 2 atom stereocenters. The number of hydrogen-bond donors (Lipinski definition) is 1. The summed E-state index contributed by atoms with van der Waals surface area (Å²) in [6.07, 6.45) is 2.55. The van der Waals surface area contributed by atoms with Gasteiger partial charge in [0, 0.05) is 30.1 Å². The molecule has 1 aromatic rings. The molecular formula is C10H16N2O2S2. The first-order chi connectivity index (χ1) is 7.57. The Morgan fingerprint density at radius 3 is 3.06 bits per heavy atom. The molecule has 0 radical (unpaired) electrons. The van der Waals surface area contributed by atoms with Gasteiger partial charge in [0.2, 0.25) is 0 Å². The molecular weight excluding hydrogens is 244 g/mol. The first-order valence-corrected chi connectivity index (χ1v) is 8.10. The van der Waals surface area contributed by atoms with E-state index in [9.17, 15) is 8.42 Å². The molecule has 2 unspecified atom stereocenters. The summed E-state index contributed by atoms with van der Waals surface area (Å²) in [6.45, 7) is 2.91. The van der Waals surface area contributed by atoms with Crippen molar-refractivity contribution >= 4 is 21.2 Å². The van der Waals surface area contributed by atoms with Gasteiger partial charge in [0.15, 0.2) is 9.84 Å². The lowest BCUT2D eigenvalue weighted by Crippen LogP contribution is -2.32. The quantitative estimate of drug-likeness (QED) is 0.878. The summed E-state index contributed by atoms with van der Waals surface area (Å²) < 4.78 is 22.5. The van der Waals surface area contributed by atoms with Crippen LogP contribution in [0.15, 0.2) is 11.6 Å². The maximum Gasteiger partial charge on any atom is 0.151 e. The van der Waals surface area contributed by atoms with E-state index in [2.05, 4.69) is 17.2 Å². The smallest absolute Gasteiger partial charge is 0.151 e. The normalized spacial score (nSPS) is 25.7. The van der Waals surface area contributed by atoms with E-state index in [1.807, 2.05) is 5.38 Å². The van der Waals surface area contributed by atoms with Crippen LogP contribution < -0.4 is 5.32 Å². The maximum atomic E-state index is 11.3. The molecule has 0 amide bonds. The van der Waals surface area contributed by atoms with Crippen LogP contribution in [-0.2, 0) is 9.84 Å². The Balaban J connectivity index is 1.80. The van der Waals surface area contributed by atoms with Crippen molar-refractivity contribution in [2.45, 2.75) is 25.3 Å². The molecule has 1 N–H and O–H groups in total. The highest BCUT2D eigenvalue weighted by atomic mass is 32.2. The van der Waals surface area contributed by atoms with Crippen molar-refractivity contribution in [3.8, 4) is 0 Å². The minimum atomic E-state index is -2.77. The van der Waals surface area contributed by atoms with Crippen molar-refractivity contribution in [2.24, 2.45) is 0 Å². The fourth-order valence-corrected chi connectivity index (χ4v) is 4.27. The van der Waals surface area contributed by atoms with E-state index < -0.39 is 9.84 Å². The van der Waals surface area contributed by atoms with Crippen LogP contribution in [0, 0.1) is 0 Å². The largest absolute Gasteiger partial charge is 0.312 e. The number of rotatable bonds is 4. The predicted octanol–water partition coefficient (Wildman–Crippen LogP) is 1.02. The second-order valence-corrected chi connectivity index (χ2v) is 7.43. The van der Waals surface area contributed by atoms with E-state index in [0.717, 1.165) is 18.0 Å². The van der Waals surface area contributed by atoms with Gasteiger partial charge < -0.3 is 5.32 Å². The maximum absolute atomic E-state index is 11.3. The van der Waals surface area contributed by atoms with E-state index in [-0.39, 0.29) is 11.8 Å². The summed E-state index contributed by atoms with van der Waals surface area (Å²) in [5, 5.41) is 6.38. The summed E-state index contributed by atoms with van der Waals surface area (Å²) in [4.78, 5) is 4.25. The molecule has 0 spiro atoms. The van der Waals surface area contributed by atoms with Crippen LogP contribution >= 0.6 is 11.3 Å². The molecule has 90 valence electrons. The predicted molar refractivity (Wildman–Crippen MR) is 65.6 cm³/mol. The van der Waals surface area contributed by atoms with Crippen molar-refractivity contribution in [3.63, 3.8) is 0 Å². The van der Waals surface area contributed by atoms with Gasteiger partial charge in [-0.3, -0.25) is 0 Å². The molecule has 2 heterocycles. The zero-order chi connectivity index (χ0) is 11.6. The van der Waals surface area contributed by atoms with Crippen molar-refractivity contribution < 1.29 is 8.42 Å². The average Bonchev–Trinajstić information content (AvgIpc) is 2.83. The van der Waals surface area contributed by atoms with Crippen molar-refractivity contribution in [2.75, 3.05) is 18.1 Å². The minimum absolute atomic E-state index is 0.132. The summed E-state index contributed by atoms with van der Waals surface area (Å²) in [5.74, 6) is 0.969. The van der Waals surface area contributed by atoms with Crippen molar-refractivity contribution in [1.82, 2.24) is 10.3 Å². The molecule has 0 bridgehead atoms. The second-order valence-electron chi connectivity index (χ2n) is 4.28. The third-order valence-corrected chi connectivity index (χ3v) is 5.59. The highest BCUT2D eigenvalue weighted by molar-refractivity contribution is 7.91. The van der Waals surface area contributed by atoms with Gasteiger partial charge in [-0.2, -0.15) is 0 Å². The van der Waals surface area contributed by atoms with Gasteiger partial charge in [-0.25, -0.2) is 13.4 Å². The lowest BCUT2D eigenvalue weighted by atomic mass is 10.1. The fraction of sp³-hybridized carbons (Fsp3) is 0.700. The molecule has 2 rings (SSSR count). The van der Waals surface area contributed by atoms with Crippen molar-refractivity contribution in [1.29, 1.82) is 0 Å². The van der Waals surface area contributed by atoms with Gasteiger partial charge in [-0.1, -0.05) is 6.92 Å². The lowest BCUT2D eigenvalue weighted by molar-refractivity contribution is 0.523. The van der Waals surface area contributed by atoms with Gasteiger partial charge in [-0.15, -0.1) is 11.3 Å². The standard InChI is InChI=1S/C10H16N2O2S2/c1-8(10-11-3-4-15-10)6-12-9-2-5-16(13,14)7-9/h3-4,8-9,12H,2,5-7H2,1H3. The second kappa shape index (κ2) is 4.81. The van der Waals surface area contributed by atoms with E-state index in [4.69, 9.17) is 0 Å². The van der Waals surface area contributed by atoms with Crippen LogP contribution in [0.1, 0.15) is 24.3 Å². The molecule has 6 heteroatoms. The van der Waals surface area contributed by atoms with Crippen LogP contribution in [0.4, 0.5) is 0 Å². The Morgan fingerprint density at radius 2 is 2.50 bits per heavy atom. The van der Waals surface area contributed by atoms with Crippen LogP contribution in [0.25, 0.3) is 0 Å². The highest BCUT2D eigenvalue weighted by Crippen LogP contribution is 2.18. The zero-order valence-electron chi connectivity index (χ0n) is 9.22. The highest BCUT2D eigenvalue weighted by Gasteiger charge is 2.27. The van der Waals surface area contributed by atoms with E-state index in [1.54, 1.807) is 17.5 Å². The molecule has 16 heavy (non-hydrogen) atoms. The molecule has 1 fully saturated rings. The zero-order valence-corrected chi connectivity index (χ0v) is 10.9. The first-order valence-electron chi connectivity index (χ1n) is 5.40. The molecule has 1 aromatic heterocycles. The van der Waals surface area contributed by atoms with Crippen LogP contribution in [-0.4, -0.2) is 37.5 Å². The average molecular weight is 260 g/mol. The van der Waals surface area contributed by atoms with E-state index in [0.29, 0.717) is 11.7 Å². The number of hydrogen-bond acceptors (Lipinski definition) is 5. The number of sulfone groups is 1. The third-order valence-electron chi connectivity index (χ3n) is 2.82. The van der Waals surface area contributed by atoms with E-state index >= 15 is 0 Å². The fourth-order valence-electron chi connectivity index (χ4n) is 1.86. The van der Waals surface area contributed by atoms with Gasteiger partial charge in [0.1, 0.15) is 0 Å². The Labute approximate surface area is 100 Å². The number of thiazole rings is 1. The Morgan fingerprint density at radius 1 is 1.69 bits per heavy atom. The summed E-state index contributed by atoms with van der Waals surface area (Å²) >= 11 is 1.64. The summed E-state index contributed by atoms with van der Waals surface area (Å²) in [6, 6.07) is 0.132. The molecule has 4 nitrogen and oxygen atoms in total. The molecule has 1 aliphatic heterocycles. The van der Waals surface area contributed by atoms with Gasteiger partial charge in [0.25, 0.3) is 0 Å². The van der Waals surface area contributed by atoms with E-state index in [1.165, 1.54) is 0 Å². The van der Waals surface area contributed by atoms with Crippen LogP contribution in [0.5, 0.6) is 0 Å². The number of nitrogens with zero attached hydrogens (tertiary/aromatic N) is 1.